The average molecular weight is 442 g/mol. The Bertz CT molecular complexity index is 1220. The molecule has 31 heavy (non-hydrogen) atoms. The number of aromatic nitrogens is 3. The van der Waals surface area contributed by atoms with Gasteiger partial charge in [-0.05, 0) is 19.8 Å². The molecule has 2 aromatic heterocycles. The number of aryl methyl sites for hydroxylation is 1. The highest BCUT2D eigenvalue weighted by Gasteiger charge is 2.65. The maximum absolute atomic E-state index is 14.3. The first-order valence-electron chi connectivity index (χ1n) is 9.31. The van der Waals surface area contributed by atoms with Crippen LogP contribution in [0.2, 0.25) is 0 Å². The van der Waals surface area contributed by atoms with Crippen LogP contribution >= 0.6 is 0 Å². The predicted octanol–water partition coefficient (Wildman–Crippen LogP) is 4.84. The van der Waals surface area contributed by atoms with Crippen molar-refractivity contribution < 1.29 is 26.3 Å². The molecule has 0 unspecified atom stereocenters. The van der Waals surface area contributed by atoms with E-state index >= 15 is 0 Å². The standard InChI is InChI=1S/C20H16F6N4O/c1-10-28-14-7-15(31)30(19(5-6-19)20(24,25)26)9-13(14)18(29-10)27-8-11-3-2-4-12(16(11)21)17(22)23/h2-4,7,9,17H,5-6,8H2,1H3,(H,27,28,29). The van der Waals surface area contributed by atoms with Crippen LogP contribution in [0.3, 0.4) is 0 Å². The third-order valence-electron chi connectivity index (χ3n) is 5.35. The van der Waals surface area contributed by atoms with Crippen LogP contribution in [0.4, 0.5) is 32.2 Å². The first-order valence-corrected chi connectivity index (χ1v) is 9.31. The first-order chi connectivity index (χ1) is 14.5. The molecule has 0 spiro atoms. The first kappa shape index (κ1) is 21.1. The molecule has 1 N–H and O–H groups in total. The highest BCUT2D eigenvalue weighted by atomic mass is 19.4. The maximum Gasteiger partial charge on any atom is 0.412 e. The molecule has 0 amide bonds. The number of alkyl halides is 5. The minimum absolute atomic E-state index is 0.0653. The van der Waals surface area contributed by atoms with Crippen LogP contribution in [0.15, 0.2) is 35.3 Å². The van der Waals surface area contributed by atoms with Crippen LogP contribution in [-0.4, -0.2) is 20.7 Å². The molecule has 2 heterocycles. The van der Waals surface area contributed by atoms with Crippen molar-refractivity contribution in [1.29, 1.82) is 0 Å². The largest absolute Gasteiger partial charge is 0.412 e. The fraction of sp³-hybridized carbons (Fsp3) is 0.350. The number of rotatable bonds is 5. The molecule has 164 valence electrons. The maximum atomic E-state index is 14.3. The van der Waals surface area contributed by atoms with E-state index in [0.29, 0.717) is 4.57 Å². The van der Waals surface area contributed by atoms with Gasteiger partial charge in [-0.15, -0.1) is 0 Å². The van der Waals surface area contributed by atoms with Crippen molar-refractivity contribution in [3.63, 3.8) is 0 Å². The van der Waals surface area contributed by atoms with Crippen molar-refractivity contribution in [2.24, 2.45) is 0 Å². The van der Waals surface area contributed by atoms with Gasteiger partial charge in [0.05, 0.1) is 16.5 Å². The lowest BCUT2D eigenvalue weighted by Gasteiger charge is -2.22. The Kier molecular flexibility index (Phi) is 4.94. The molecule has 1 fully saturated rings. The molecule has 0 saturated heterocycles. The smallest absolute Gasteiger partial charge is 0.365 e. The van der Waals surface area contributed by atoms with Crippen LogP contribution < -0.4 is 10.9 Å². The van der Waals surface area contributed by atoms with Gasteiger partial charge in [-0.3, -0.25) is 9.36 Å². The van der Waals surface area contributed by atoms with Gasteiger partial charge in [-0.2, -0.15) is 13.2 Å². The topological polar surface area (TPSA) is 59.8 Å². The minimum atomic E-state index is -4.61. The number of fused-ring (bicyclic) bond motifs is 1. The summed E-state index contributed by atoms with van der Waals surface area (Å²) in [4.78, 5) is 20.6. The highest BCUT2D eigenvalue weighted by Crippen LogP contribution is 2.54. The van der Waals surface area contributed by atoms with Crippen molar-refractivity contribution in [2.75, 3.05) is 5.32 Å². The Morgan fingerprint density at radius 1 is 1.23 bits per heavy atom. The number of hydrogen-bond donors (Lipinski definition) is 1. The number of benzene rings is 1. The van der Waals surface area contributed by atoms with E-state index in [1.807, 2.05) is 0 Å². The molecular weight excluding hydrogens is 426 g/mol. The SMILES string of the molecule is Cc1nc(NCc2cccc(C(F)F)c2F)c2cn(C3(C(F)(F)F)CC3)c(=O)cc2n1. The van der Waals surface area contributed by atoms with Crippen molar-refractivity contribution in [3.05, 3.63) is 63.6 Å². The van der Waals surface area contributed by atoms with Gasteiger partial charge in [0.25, 0.3) is 12.0 Å². The molecule has 0 bridgehead atoms. The van der Waals surface area contributed by atoms with Crippen LogP contribution in [0.5, 0.6) is 0 Å². The van der Waals surface area contributed by atoms with E-state index in [0.717, 1.165) is 18.3 Å². The summed E-state index contributed by atoms with van der Waals surface area (Å²) in [6, 6.07) is 4.56. The van der Waals surface area contributed by atoms with Crippen LogP contribution in [0.1, 0.15) is 36.2 Å². The van der Waals surface area contributed by atoms with Crippen molar-refractivity contribution in [2.45, 2.75) is 44.5 Å². The lowest BCUT2D eigenvalue weighted by atomic mass is 10.1. The molecule has 0 radical (unpaired) electrons. The summed E-state index contributed by atoms with van der Waals surface area (Å²) in [7, 11) is 0. The van der Waals surface area contributed by atoms with Crippen molar-refractivity contribution >= 4 is 16.7 Å². The quantitative estimate of drug-likeness (QED) is 0.575. The van der Waals surface area contributed by atoms with E-state index in [9.17, 15) is 31.1 Å². The number of hydrogen-bond acceptors (Lipinski definition) is 4. The van der Waals surface area contributed by atoms with Gasteiger partial charge in [0.2, 0.25) is 0 Å². The fourth-order valence-corrected chi connectivity index (χ4v) is 3.55. The van der Waals surface area contributed by atoms with Gasteiger partial charge >= 0.3 is 6.18 Å². The molecule has 11 heteroatoms. The normalized spacial score (nSPS) is 15.5. The van der Waals surface area contributed by atoms with E-state index in [2.05, 4.69) is 15.3 Å². The number of halogens is 6. The summed E-state index contributed by atoms with van der Waals surface area (Å²) < 4.78 is 81.4. The lowest BCUT2D eigenvalue weighted by molar-refractivity contribution is -0.180. The Balaban J connectivity index is 1.76. The van der Waals surface area contributed by atoms with Crippen molar-refractivity contribution in [1.82, 2.24) is 14.5 Å². The second kappa shape index (κ2) is 7.24. The second-order valence-corrected chi connectivity index (χ2v) is 7.40. The zero-order chi connectivity index (χ0) is 22.6. The second-order valence-electron chi connectivity index (χ2n) is 7.40. The monoisotopic (exact) mass is 442 g/mol. The van der Waals surface area contributed by atoms with E-state index in [4.69, 9.17) is 0 Å². The molecule has 0 atom stereocenters. The summed E-state index contributed by atoms with van der Waals surface area (Å²) in [5, 5.41) is 2.91. The summed E-state index contributed by atoms with van der Waals surface area (Å²) in [6.07, 6.45) is -6.99. The molecule has 0 aliphatic heterocycles. The van der Waals surface area contributed by atoms with Gasteiger partial charge in [0.1, 0.15) is 23.0 Å². The van der Waals surface area contributed by atoms with E-state index in [1.54, 1.807) is 0 Å². The van der Waals surface area contributed by atoms with Gasteiger partial charge < -0.3 is 5.32 Å². The lowest BCUT2D eigenvalue weighted by Crippen LogP contribution is -2.41. The molecule has 4 rings (SSSR count). The summed E-state index contributed by atoms with van der Waals surface area (Å²) in [5.74, 6) is -0.784. The van der Waals surface area contributed by atoms with Crippen LogP contribution in [0, 0.1) is 12.7 Å². The molecule has 1 aromatic carbocycles. The minimum Gasteiger partial charge on any atom is -0.365 e. The third-order valence-corrected chi connectivity index (χ3v) is 5.35. The highest BCUT2D eigenvalue weighted by molar-refractivity contribution is 5.88. The van der Waals surface area contributed by atoms with Gasteiger partial charge in [0, 0.05) is 24.4 Å². The average Bonchev–Trinajstić information content (AvgIpc) is 3.48. The Morgan fingerprint density at radius 3 is 2.55 bits per heavy atom. The molecule has 1 saturated carbocycles. The Hall–Kier alpha value is -3.11. The number of nitrogens with zero attached hydrogens (tertiary/aromatic N) is 3. The zero-order valence-electron chi connectivity index (χ0n) is 16.1. The molecule has 5 nitrogen and oxygen atoms in total. The van der Waals surface area contributed by atoms with Gasteiger partial charge in [-0.1, -0.05) is 18.2 Å². The van der Waals surface area contributed by atoms with Crippen LogP contribution in [0.25, 0.3) is 10.9 Å². The Morgan fingerprint density at radius 2 is 1.94 bits per heavy atom. The molecule has 1 aliphatic rings. The number of nitrogens with one attached hydrogen (secondary N) is 1. The molecule has 3 aromatic rings. The third kappa shape index (κ3) is 3.61. The summed E-state index contributed by atoms with van der Waals surface area (Å²) in [6.45, 7) is 1.27. The van der Waals surface area contributed by atoms with Crippen molar-refractivity contribution in [3.8, 4) is 0 Å². The zero-order valence-corrected chi connectivity index (χ0v) is 16.1. The Labute approximate surface area is 171 Å². The molecule has 1 aliphatic carbocycles. The van der Waals surface area contributed by atoms with E-state index < -0.39 is 35.1 Å². The van der Waals surface area contributed by atoms with Gasteiger partial charge in [0.15, 0.2) is 0 Å². The van der Waals surface area contributed by atoms with Crippen LogP contribution in [-0.2, 0) is 12.1 Å². The fourth-order valence-electron chi connectivity index (χ4n) is 3.55. The molecular formula is C20H16F6N4O. The number of anilines is 1. The summed E-state index contributed by atoms with van der Waals surface area (Å²) in [5.41, 5.74) is -3.81. The van der Waals surface area contributed by atoms with E-state index in [1.165, 1.54) is 19.1 Å². The predicted molar refractivity (Wildman–Crippen MR) is 100 cm³/mol. The van der Waals surface area contributed by atoms with E-state index in [-0.39, 0.29) is 47.5 Å². The van der Waals surface area contributed by atoms with Gasteiger partial charge in [-0.25, -0.2) is 23.1 Å². The number of pyridine rings is 1. The summed E-state index contributed by atoms with van der Waals surface area (Å²) >= 11 is 0.